The summed E-state index contributed by atoms with van der Waals surface area (Å²) in [5.74, 6) is -0.156. The van der Waals surface area contributed by atoms with Gasteiger partial charge in [-0.25, -0.2) is 13.4 Å². The molecule has 0 aliphatic carbocycles. The summed E-state index contributed by atoms with van der Waals surface area (Å²) in [4.78, 5) is 16.6. The van der Waals surface area contributed by atoms with Gasteiger partial charge in [0.15, 0.2) is 9.84 Å². The van der Waals surface area contributed by atoms with E-state index in [0.29, 0.717) is 23.1 Å². The molecule has 1 amide bonds. The molecule has 2 aromatic carbocycles. The Morgan fingerprint density at radius 2 is 1.80 bits per heavy atom. The van der Waals surface area contributed by atoms with Gasteiger partial charge < -0.3 is 14.5 Å². The standard InChI is InChI=1S/C22H24N2O5S/c1-15-8-4-6-10-18(15)22-24-19(16(2)29-22)13-30(26,27)14-21(25)23-12-17-9-5-7-11-20(17)28-3/h4-11H,12-14H2,1-3H3,(H,23,25). The van der Waals surface area contributed by atoms with Crippen molar-refractivity contribution >= 4 is 15.7 Å². The molecular formula is C22H24N2O5S. The number of carbonyl (C=O) groups excluding carboxylic acids is 1. The van der Waals surface area contributed by atoms with Crippen LogP contribution in [-0.4, -0.2) is 32.2 Å². The smallest absolute Gasteiger partial charge is 0.235 e. The predicted octanol–water partition coefficient (Wildman–Crippen LogP) is 3.20. The number of hydrogen-bond acceptors (Lipinski definition) is 6. The molecule has 30 heavy (non-hydrogen) atoms. The second kappa shape index (κ2) is 9.13. The third-order valence-electron chi connectivity index (χ3n) is 4.64. The van der Waals surface area contributed by atoms with Crippen molar-refractivity contribution < 1.29 is 22.4 Å². The molecule has 0 unspecified atom stereocenters. The molecule has 0 bridgehead atoms. The number of aromatic nitrogens is 1. The zero-order valence-electron chi connectivity index (χ0n) is 17.1. The first-order valence-electron chi connectivity index (χ1n) is 9.40. The second-order valence-corrected chi connectivity index (χ2v) is 9.02. The highest BCUT2D eigenvalue weighted by Crippen LogP contribution is 2.25. The number of benzene rings is 2. The maximum Gasteiger partial charge on any atom is 0.235 e. The Morgan fingerprint density at radius 1 is 1.10 bits per heavy atom. The summed E-state index contributed by atoms with van der Waals surface area (Å²) in [6.07, 6.45) is 0. The van der Waals surface area contributed by atoms with E-state index in [-0.39, 0.29) is 12.3 Å². The number of rotatable bonds is 8. The maximum absolute atomic E-state index is 12.5. The summed E-state index contributed by atoms with van der Waals surface area (Å²) in [7, 11) is -2.18. The molecule has 7 nitrogen and oxygen atoms in total. The lowest BCUT2D eigenvalue weighted by Gasteiger charge is -2.09. The normalized spacial score (nSPS) is 11.3. The van der Waals surface area contributed by atoms with Crippen molar-refractivity contribution in [1.29, 1.82) is 0 Å². The highest BCUT2D eigenvalue weighted by atomic mass is 32.2. The SMILES string of the molecule is COc1ccccc1CNC(=O)CS(=O)(=O)Cc1nc(-c2ccccc2C)oc1C. The maximum atomic E-state index is 12.5. The Bertz CT molecular complexity index is 1150. The molecular weight excluding hydrogens is 404 g/mol. The van der Waals surface area contributed by atoms with Gasteiger partial charge in [-0.2, -0.15) is 0 Å². The van der Waals surface area contributed by atoms with Crippen molar-refractivity contribution in [2.24, 2.45) is 0 Å². The van der Waals surface area contributed by atoms with E-state index in [1.807, 2.05) is 43.3 Å². The minimum absolute atomic E-state index is 0.179. The lowest BCUT2D eigenvalue weighted by atomic mass is 10.1. The first-order valence-corrected chi connectivity index (χ1v) is 11.2. The molecule has 0 saturated heterocycles. The number of oxazole rings is 1. The van der Waals surface area contributed by atoms with Gasteiger partial charge in [0.05, 0.1) is 18.6 Å². The van der Waals surface area contributed by atoms with E-state index < -0.39 is 21.5 Å². The van der Waals surface area contributed by atoms with E-state index in [9.17, 15) is 13.2 Å². The molecule has 0 saturated carbocycles. The van der Waals surface area contributed by atoms with E-state index in [1.165, 1.54) is 7.11 Å². The number of aryl methyl sites for hydroxylation is 2. The molecule has 0 aliphatic heterocycles. The first-order chi connectivity index (χ1) is 14.3. The number of hydrogen-bond donors (Lipinski definition) is 1. The van der Waals surface area contributed by atoms with Gasteiger partial charge in [-0.15, -0.1) is 0 Å². The monoisotopic (exact) mass is 428 g/mol. The first kappa shape index (κ1) is 21.6. The zero-order chi connectivity index (χ0) is 21.7. The van der Waals surface area contributed by atoms with E-state index >= 15 is 0 Å². The van der Waals surface area contributed by atoms with Crippen molar-refractivity contribution in [3.63, 3.8) is 0 Å². The number of carbonyl (C=O) groups is 1. The fourth-order valence-corrected chi connectivity index (χ4v) is 4.33. The Balaban J connectivity index is 1.65. The van der Waals surface area contributed by atoms with Gasteiger partial charge in [0, 0.05) is 17.7 Å². The zero-order valence-corrected chi connectivity index (χ0v) is 18.0. The number of amides is 1. The molecule has 1 heterocycles. The fraction of sp³-hybridized carbons (Fsp3) is 0.273. The van der Waals surface area contributed by atoms with Crippen LogP contribution in [0.4, 0.5) is 0 Å². The number of ether oxygens (including phenoxy) is 1. The summed E-state index contributed by atoms with van der Waals surface area (Å²) >= 11 is 0. The summed E-state index contributed by atoms with van der Waals surface area (Å²) in [5.41, 5.74) is 2.86. The molecule has 3 aromatic rings. The second-order valence-electron chi connectivity index (χ2n) is 6.96. The average molecular weight is 429 g/mol. The molecule has 0 radical (unpaired) electrons. The largest absolute Gasteiger partial charge is 0.496 e. The van der Waals surface area contributed by atoms with E-state index in [4.69, 9.17) is 9.15 Å². The van der Waals surface area contributed by atoms with Gasteiger partial charge in [0.2, 0.25) is 11.8 Å². The van der Waals surface area contributed by atoms with Crippen LogP contribution in [0, 0.1) is 13.8 Å². The van der Waals surface area contributed by atoms with Gasteiger partial charge in [0.25, 0.3) is 0 Å². The summed E-state index contributed by atoms with van der Waals surface area (Å²) < 4.78 is 36.0. The highest BCUT2D eigenvalue weighted by molar-refractivity contribution is 7.91. The number of para-hydroxylation sites is 1. The fourth-order valence-electron chi connectivity index (χ4n) is 3.04. The Hall–Kier alpha value is -3.13. The molecule has 0 aliphatic rings. The summed E-state index contributed by atoms with van der Waals surface area (Å²) in [6.45, 7) is 3.78. The number of sulfone groups is 1. The summed E-state index contributed by atoms with van der Waals surface area (Å²) in [6, 6.07) is 14.8. The van der Waals surface area contributed by atoms with Crippen LogP contribution in [-0.2, 0) is 26.9 Å². The van der Waals surface area contributed by atoms with Crippen molar-refractivity contribution in [1.82, 2.24) is 10.3 Å². The van der Waals surface area contributed by atoms with E-state index in [0.717, 1.165) is 16.7 Å². The summed E-state index contributed by atoms with van der Waals surface area (Å²) in [5, 5.41) is 2.63. The molecule has 0 spiro atoms. The molecule has 0 fully saturated rings. The highest BCUT2D eigenvalue weighted by Gasteiger charge is 2.22. The van der Waals surface area contributed by atoms with Gasteiger partial charge in [-0.05, 0) is 31.5 Å². The van der Waals surface area contributed by atoms with Gasteiger partial charge in [-0.3, -0.25) is 4.79 Å². The van der Waals surface area contributed by atoms with Crippen LogP contribution < -0.4 is 10.1 Å². The topological polar surface area (TPSA) is 98.5 Å². The van der Waals surface area contributed by atoms with Gasteiger partial charge in [-0.1, -0.05) is 36.4 Å². The predicted molar refractivity (Wildman–Crippen MR) is 114 cm³/mol. The number of nitrogens with one attached hydrogen (secondary N) is 1. The van der Waals surface area contributed by atoms with Crippen LogP contribution in [0.3, 0.4) is 0 Å². The van der Waals surface area contributed by atoms with Gasteiger partial charge >= 0.3 is 0 Å². The van der Waals surface area contributed by atoms with Crippen LogP contribution in [0.15, 0.2) is 52.9 Å². The van der Waals surface area contributed by atoms with Crippen molar-refractivity contribution in [3.8, 4) is 17.2 Å². The van der Waals surface area contributed by atoms with Crippen LogP contribution in [0.5, 0.6) is 5.75 Å². The molecule has 1 N–H and O–H groups in total. The minimum Gasteiger partial charge on any atom is -0.496 e. The van der Waals surface area contributed by atoms with E-state index in [2.05, 4.69) is 10.3 Å². The van der Waals surface area contributed by atoms with E-state index in [1.54, 1.807) is 19.1 Å². The average Bonchev–Trinajstić information content (AvgIpc) is 3.05. The molecule has 8 heteroatoms. The third kappa shape index (κ3) is 5.27. The Kier molecular flexibility index (Phi) is 6.56. The molecule has 3 rings (SSSR count). The van der Waals surface area contributed by atoms with Crippen molar-refractivity contribution in [3.05, 3.63) is 71.1 Å². The van der Waals surface area contributed by atoms with Crippen molar-refractivity contribution in [2.45, 2.75) is 26.1 Å². The number of methoxy groups -OCH3 is 1. The quantitative estimate of drug-likeness (QED) is 0.592. The Labute approximate surface area is 176 Å². The Morgan fingerprint density at radius 3 is 2.53 bits per heavy atom. The van der Waals surface area contributed by atoms with Crippen LogP contribution in [0.1, 0.15) is 22.6 Å². The minimum atomic E-state index is -3.72. The lowest BCUT2D eigenvalue weighted by Crippen LogP contribution is -2.30. The van der Waals surface area contributed by atoms with Crippen LogP contribution in [0.25, 0.3) is 11.5 Å². The van der Waals surface area contributed by atoms with Crippen LogP contribution in [0.2, 0.25) is 0 Å². The molecule has 0 atom stereocenters. The number of nitrogens with zero attached hydrogens (tertiary/aromatic N) is 1. The third-order valence-corrected chi connectivity index (χ3v) is 6.06. The molecule has 1 aromatic heterocycles. The van der Waals surface area contributed by atoms with Crippen molar-refractivity contribution in [2.75, 3.05) is 12.9 Å². The van der Waals surface area contributed by atoms with Crippen LogP contribution >= 0.6 is 0 Å². The lowest BCUT2D eigenvalue weighted by molar-refractivity contribution is -0.118. The van der Waals surface area contributed by atoms with Gasteiger partial charge in [0.1, 0.15) is 17.3 Å². The molecule has 158 valence electrons.